The van der Waals surface area contributed by atoms with Gasteiger partial charge in [-0.25, -0.2) is 0 Å². The Bertz CT molecular complexity index is 682. The van der Waals surface area contributed by atoms with Gasteiger partial charge in [-0.05, 0) is 29.3 Å². The van der Waals surface area contributed by atoms with Crippen LogP contribution in [0.15, 0.2) is 46.7 Å². The van der Waals surface area contributed by atoms with Gasteiger partial charge in [0.15, 0.2) is 0 Å². The Labute approximate surface area is 157 Å². The number of aliphatic hydroxyl groups is 1. The monoisotopic (exact) mass is 376 g/mol. The lowest BCUT2D eigenvalue weighted by molar-refractivity contribution is 0.0530. The maximum absolute atomic E-state index is 12.9. The first kappa shape index (κ1) is 18.5. The number of carbonyl (C=O) groups excluding carboxylic acids is 1. The Kier molecular flexibility index (Phi) is 6.53. The van der Waals surface area contributed by atoms with E-state index >= 15 is 0 Å². The minimum absolute atomic E-state index is 0.120. The molecule has 0 spiro atoms. The minimum atomic E-state index is -0.441. The van der Waals surface area contributed by atoms with E-state index in [9.17, 15) is 9.90 Å². The summed E-state index contributed by atoms with van der Waals surface area (Å²) in [5, 5.41) is 12.3. The summed E-state index contributed by atoms with van der Waals surface area (Å²) in [6, 6.07) is 11.8. The summed E-state index contributed by atoms with van der Waals surface area (Å²) in [7, 11) is 0. The SMILES string of the molecule is CCSc1ccccc1C(=O)N1CCN(C[C@H](O)c2cccs2)CC1. The van der Waals surface area contributed by atoms with Crippen molar-refractivity contribution in [2.24, 2.45) is 0 Å². The number of rotatable bonds is 6. The molecular formula is C19H24N2O2S2. The molecule has 1 fully saturated rings. The van der Waals surface area contributed by atoms with Crippen molar-refractivity contribution in [1.29, 1.82) is 0 Å². The summed E-state index contributed by atoms with van der Waals surface area (Å²) in [6.07, 6.45) is -0.441. The first-order valence-electron chi connectivity index (χ1n) is 8.64. The van der Waals surface area contributed by atoms with Gasteiger partial charge in [-0.1, -0.05) is 25.1 Å². The quantitative estimate of drug-likeness (QED) is 0.785. The van der Waals surface area contributed by atoms with Gasteiger partial charge in [-0.3, -0.25) is 9.69 Å². The lowest BCUT2D eigenvalue weighted by Gasteiger charge is -2.35. The standard InChI is InChI=1S/C19H24N2O2S2/c1-2-24-17-7-4-3-6-15(17)19(23)21-11-9-20(10-12-21)14-16(22)18-8-5-13-25-18/h3-8,13,16,22H,2,9-12,14H2,1H3/t16-/m0/s1. The number of benzene rings is 1. The molecule has 6 heteroatoms. The summed E-state index contributed by atoms with van der Waals surface area (Å²) < 4.78 is 0. The highest BCUT2D eigenvalue weighted by atomic mass is 32.2. The molecule has 0 bridgehead atoms. The fourth-order valence-electron chi connectivity index (χ4n) is 3.04. The Balaban J connectivity index is 1.56. The third-order valence-corrected chi connectivity index (χ3v) is 6.31. The van der Waals surface area contributed by atoms with E-state index in [2.05, 4.69) is 11.8 Å². The topological polar surface area (TPSA) is 43.8 Å². The summed E-state index contributed by atoms with van der Waals surface area (Å²) in [5.74, 6) is 1.08. The summed E-state index contributed by atoms with van der Waals surface area (Å²) in [6.45, 7) is 5.76. The van der Waals surface area contributed by atoms with Crippen LogP contribution in [0.1, 0.15) is 28.3 Å². The first-order valence-corrected chi connectivity index (χ1v) is 10.5. The zero-order valence-corrected chi connectivity index (χ0v) is 16.1. The minimum Gasteiger partial charge on any atom is -0.386 e. The molecule has 134 valence electrons. The number of aliphatic hydroxyl groups excluding tert-OH is 1. The van der Waals surface area contributed by atoms with Crippen LogP contribution in [0, 0.1) is 0 Å². The van der Waals surface area contributed by atoms with Crippen molar-refractivity contribution in [3.8, 4) is 0 Å². The molecule has 1 atom stereocenters. The van der Waals surface area contributed by atoms with E-state index in [4.69, 9.17) is 0 Å². The Hall–Kier alpha value is -1.34. The first-order chi connectivity index (χ1) is 12.2. The summed E-state index contributed by atoms with van der Waals surface area (Å²) in [4.78, 5) is 19.1. The molecule has 3 rings (SSSR count). The number of hydrogen-bond acceptors (Lipinski definition) is 5. The van der Waals surface area contributed by atoms with Crippen LogP contribution in [0.3, 0.4) is 0 Å². The van der Waals surface area contributed by atoms with Gasteiger partial charge in [0.05, 0.1) is 5.56 Å². The van der Waals surface area contributed by atoms with E-state index in [1.165, 1.54) is 0 Å². The molecule has 0 unspecified atom stereocenters. The maximum atomic E-state index is 12.9. The predicted octanol–water partition coefficient (Wildman–Crippen LogP) is 3.35. The number of hydrogen-bond donors (Lipinski definition) is 1. The highest BCUT2D eigenvalue weighted by Gasteiger charge is 2.25. The second-order valence-electron chi connectivity index (χ2n) is 6.05. The molecule has 0 radical (unpaired) electrons. The predicted molar refractivity (Wildman–Crippen MR) is 104 cm³/mol. The smallest absolute Gasteiger partial charge is 0.255 e. The van der Waals surface area contributed by atoms with Crippen LogP contribution in [0.25, 0.3) is 0 Å². The van der Waals surface area contributed by atoms with Crippen LogP contribution in [0.2, 0.25) is 0 Å². The third kappa shape index (κ3) is 4.64. The van der Waals surface area contributed by atoms with Crippen molar-refractivity contribution < 1.29 is 9.90 Å². The van der Waals surface area contributed by atoms with E-state index < -0.39 is 6.10 Å². The van der Waals surface area contributed by atoms with Crippen LogP contribution in [-0.4, -0.2) is 59.3 Å². The Morgan fingerprint density at radius 1 is 1.20 bits per heavy atom. The molecule has 1 aromatic carbocycles. The molecule has 1 aliphatic heterocycles. The second-order valence-corrected chi connectivity index (χ2v) is 8.34. The number of thiophene rings is 1. The molecule has 1 N–H and O–H groups in total. The van der Waals surface area contributed by atoms with Crippen LogP contribution >= 0.6 is 23.1 Å². The molecule has 2 heterocycles. The highest BCUT2D eigenvalue weighted by molar-refractivity contribution is 7.99. The van der Waals surface area contributed by atoms with Gasteiger partial charge in [-0.15, -0.1) is 23.1 Å². The number of β-amino-alcohol motifs (C(OH)–C–C–N with tert-alkyl or cyclic N) is 1. The van der Waals surface area contributed by atoms with Crippen molar-refractivity contribution in [3.05, 3.63) is 52.2 Å². The second kappa shape index (κ2) is 8.85. The largest absolute Gasteiger partial charge is 0.386 e. The lowest BCUT2D eigenvalue weighted by Crippen LogP contribution is -2.49. The van der Waals surface area contributed by atoms with Gasteiger partial charge in [0.1, 0.15) is 6.10 Å². The fourth-order valence-corrected chi connectivity index (χ4v) is 4.54. The van der Waals surface area contributed by atoms with Crippen LogP contribution in [0.5, 0.6) is 0 Å². The van der Waals surface area contributed by atoms with Crippen LogP contribution < -0.4 is 0 Å². The Morgan fingerprint density at radius 2 is 1.96 bits per heavy atom. The molecule has 4 nitrogen and oxygen atoms in total. The molecule has 1 saturated heterocycles. The molecule has 1 amide bonds. The molecule has 0 aliphatic carbocycles. The normalized spacial score (nSPS) is 16.8. The van der Waals surface area contributed by atoms with Crippen molar-refractivity contribution in [2.75, 3.05) is 38.5 Å². The van der Waals surface area contributed by atoms with E-state index in [-0.39, 0.29) is 5.91 Å². The van der Waals surface area contributed by atoms with E-state index in [0.29, 0.717) is 19.6 Å². The Morgan fingerprint density at radius 3 is 2.64 bits per heavy atom. The van der Waals surface area contributed by atoms with Crippen molar-refractivity contribution in [1.82, 2.24) is 9.80 Å². The van der Waals surface area contributed by atoms with Crippen molar-refractivity contribution in [2.45, 2.75) is 17.9 Å². The summed E-state index contributed by atoms with van der Waals surface area (Å²) >= 11 is 3.30. The molecule has 1 aliphatic rings. The zero-order chi connectivity index (χ0) is 17.6. The zero-order valence-electron chi connectivity index (χ0n) is 14.4. The van der Waals surface area contributed by atoms with E-state index in [1.54, 1.807) is 23.1 Å². The number of nitrogens with zero attached hydrogens (tertiary/aromatic N) is 2. The summed E-state index contributed by atoms with van der Waals surface area (Å²) in [5.41, 5.74) is 0.807. The van der Waals surface area contributed by atoms with E-state index in [0.717, 1.165) is 34.2 Å². The number of thioether (sulfide) groups is 1. The van der Waals surface area contributed by atoms with Crippen LogP contribution in [-0.2, 0) is 0 Å². The van der Waals surface area contributed by atoms with Crippen molar-refractivity contribution >= 4 is 29.0 Å². The van der Waals surface area contributed by atoms with Gasteiger partial charge in [0.25, 0.3) is 5.91 Å². The molecule has 0 saturated carbocycles. The highest BCUT2D eigenvalue weighted by Crippen LogP contribution is 2.24. The molecular weight excluding hydrogens is 352 g/mol. The molecule has 1 aromatic heterocycles. The third-order valence-electron chi connectivity index (χ3n) is 4.38. The average Bonchev–Trinajstić information content (AvgIpc) is 3.17. The fraction of sp³-hybridized carbons (Fsp3) is 0.421. The molecule has 25 heavy (non-hydrogen) atoms. The average molecular weight is 377 g/mol. The van der Waals surface area contributed by atoms with Gasteiger partial charge in [0, 0.05) is 42.5 Å². The van der Waals surface area contributed by atoms with Gasteiger partial charge < -0.3 is 10.0 Å². The van der Waals surface area contributed by atoms with Gasteiger partial charge in [-0.2, -0.15) is 0 Å². The maximum Gasteiger partial charge on any atom is 0.255 e. The number of carbonyl (C=O) groups is 1. The van der Waals surface area contributed by atoms with Crippen molar-refractivity contribution in [3.63, 3.8) is 0 Å². The lowest BCUT2D eigenvalue weighted by atomic mass is 10.1. The van der Waals surface area contributed by atoms with Crippen LogP contribution in [0.4, 0.5) is 0 Å². The number of piperazine rings is 1. The number of amides is 1. The van der Waals surface area contributed by atoms with Gasteiger partial charge >= 0.3 is 0 Å². The van der Waals surface area contributed by atoms with E-state index in [1.807, 2.05) is 46.7 Å². The molecule has 2 aromatic rings. The van der Waals surface area contributed by atoms with Gasteiger partial charge in [0.2, 0.25) is 0 Å².